The van der Waals surface area contributed by atoms with E-state index in [-0.39, 0.29) is 33.9 Å². The predicted octanol–water partition coefficient (Wildman–Crippen LogP) is 6.02. The number of hydrogen-bond donors (Lipinski definition) is 4. The second-order valence-electron chi connectivity index (χ2n) is 7.83. The molecule has 0 saturated heterocycles. The molecular formula is C22H24Cl2F2N4O2. The molecule has 2 atom stereocenters. The van der Waals surface area contributed by atoms with E-state index in [2.05, 4.69) is 21.3 Å². The van der Waals surface area contributed by atoms with Crippen molar-refractivity contribution in [2.75, 3.05) is 23.7 Å². The van der Waals surface area contributed by atoms with Gasteiger partial charge in [0.05, 0.1) is 10.0 Å². The van der Waals surface area contributed by atoms with Crippen molar-refractivity contribution in [3.8, 4) is 0 Å². The first-order valence-corrected chi connectivity index (χ1v) is 11.1. The Balaban J connectivity index is 1.38. The van der Waals surface area contributed by atoms with Gasteiger partial charge in [-0.15, -0.1) is 0 Å². The summed E-state index contributed by atoms with van der Waals surface area (Å²) >= 11 is 11.4. The zero-order chi connectivity index (χ0) is 23.1. The average Bonchev–Trinajstić information content (AvgIpc) is 2.76. The zero-order valence-corrected chi connectivity index (χ0v) is 18.7. The number of nitrogens with one attached hydrogen (secondary N) is 4. The summed E-state index contributed by atoms with van der Waals surface area (Å²) in [7, 11) is 0. The van der Waals surface area contributed by atoms with Crippen LogP contribution in [-0.4, -0.2) is 25.2 Å². The second kappa shape index (κ2) is 11.3. The fourth-order valence-corrected chi connectivity index (χ4v) is 4.11. The van der Waals surface area contributed by atoms with Crippen LogP contribution in [0, 0.1) is 23.5 Å². The number of carbonyl (C=O) groups excluding carboxylic acids is 2. The number of rotatable bonds is 6. The minimum Gasteiger partial charge on any atom is -0.338 e. The van der Waals surface area contributed by atoms with Crippen LogP contribution in [0.1, 0.15) is 25.7 Å². The van der Waals surface area contributed by atoms with Crippen molar-refractivity contribution in [3.05, 3.63) is 58.1 Å². The molecule has 6 nitrogen and oxygen atoms in total. The largest absolute Gasteiger partial charge is 0.338 e. The fraction of sp³-hybridized carbons (Fsp3) is 0.364. The Morgan fingerprint density at radius 2 is 1.25 bits per heavy atom. The average molecular weight is 485 g/mol. The number of carbonyl (C=O) groups is 2. The van der Waals surface area contributed by atoms with E-state index in [9.17, 15) is 18.4 Å². The lowest BCUT2D eigenvalue weighted by Gasteiger charge is -2.29. The molecule has 0 radical (unpaired) electrons. The summed E-state index contributed by atoms with van der Waals surface area (Å²) in [6.07, 6.45) is 3.84. The zero-order valence-electron chi connectivity index (χ0n) is 17.2. The van der Waals surface area contributed by atoms with Crippen molar-refractivity contribution in [2.45, 2.75) is 25.7 Å². The van der Waals surface area contributed by atoms with Crippen LogP contribution in [0.4, 0.5) is 29.7 Å². The third kappa shape index (κ3) is 7.24. The molecule has 2 aromatic carbocycles. The fourth-order valence-electron chi connectivity index (χ4n) is 3.75. The number of benzene rings is 2. The topological polar surface area (TPSA) is 82.3 Å². The third-order valence-corrected chi connectivity index (χ3v) is 5.93. The monoisotopic (exact) mass is 484 g/mol. The van der Waals surface area contributed by atoms with Gasteiger partial charge >= 0.3 is 12.1 Å². The molecule has 32 heavy (non-hydrogen) atoms. The molecular weight excluding hydrogens is 461 g/mol. The number of amides is 4. The molecule has 4 amide bonds. The molecule has 1 saturated carbocycles. The number of anilines is 2. The number of hydrogen-bond acceptors (Lipinski definition) is 2. The van der Waals surface area contributed by atoms with Crippen LogP contribution >= 0.6 is 23.2 Å². The van der Waals surface area contributed by atoms with Crippen molar-refractivity contribution in [1.29, 1.82) is 0 Å². The summed E-state index contributed by atoms with van der Waals surface area (Å²) in [6.45, 7) is 0.995. The Morgan fingerprint density at radius 3 is 1.66 bits per heavy atom. The number of halogens is 4. The molecule has 0 spiro atoms. The van der Waals surface area contributed by atoms with Gasteiger partial charge in [-0.1, -0.05) is 29.6 Å². The lowest BCUT2D eigenvalue weighted by atomic mass is 9.81. The van der Waals surface area contributed by atoms with Gasteiger partial charge < -0.3 is 21.3 Å². The van der Waals surface area contributed by atoms with Gasteiger partial charge in [0, 0.05) is 24.5 Å². The maximum atomic E-state index is 13.2. The molecule has 2 aromatic rings. The predicted molar refractivity (Wildman–Crippen MR) is 122 cm³/mol. The molecule has 1 aliphatic carbocycles. The van der Waals surface area contributed by atoms with E-state index < -0.39 is 11.6 Å². The summed E-state index contributed by atoms with van der Waals surface area (Å²) in [6, 6.07) is 7.19. The molecule has 0 aromatic heterocycles. The maximum absolute atomic E-state index is 13.2. The highest BCUT2D eigenvalue weighted by Crippen LogP contribution is 2.28. The van der Waals surface area contributed by atoms with E-state index in [1.54, 1.807) is 0 Å². The van der Waals surface area contributed by atoms with E-state index in [4.69, 9.17) is 23.2 Å². The van der Waals surface area contributed by atoms with E-state index in [0.717, 1.165) is 25.7 Å². The Labute approximate surface area is 195 Å². The molecule has 4 N–H and O–H groups in total. The van der Waals surface area contributed by atoms with Crippen LogP contribution in [-0.2, 0) is 0 Å². The van der Waals surface area contributed by atoms with Gasteiger partial charge in [0.25, 0.3) is 0 Å². The van der Waals surface area contributed by atoms with Crippen molar-refractivity contribution >= 4 is 46.6 Å². The highest BCUT2D eigenvalue weighted by molar-refractivity contribution is 6.31. The van der Waals surface area contributed by atoms with Crippen molar-refractivity contribution in [2.24, 2.45) is 11.8 Å². The van der Waals surface area contributed by atoms with Gasteiger partial charge in [-0.2, -0.15) is 0 Å². The normalized spacial score (nSPS) is 18.0. The van der Waals surface area contributed by atoms with Gasteiger partial charge in [-0.25, -0.2) is 18.4 Å². The van der Waals surface area contributed by atoms with E-state index in [1.807, 2.05) is 0 Å². The highest BCUT2D eigenvalue weighted by atomic mass is 35.5. The molecule has 0 heterocycles. The van der Waals surface area contributed by atoms with E-state index in [1.165, 1.54) is 36.4 Å². The Hall–Kier alpha value is -2.58. The van der Waals surface area contributed by atoms with E-state index >= 15 is 0 Å². The van der Waals surface area contributed by atoms with Crippen LogP contribution in [0.2, 0.25) is 10.0 Å². The van der Waals surface area contributed by atoms with Crippen molar-refractivity contribution in [3.63, 3.8) is 0 Å². The summed E-state index contributed by atoms with van der Waals surface area (Å²) in [4.78, 5) is 24.2. The standard InChI is InChI=1S/C22H24Cl2F2N4O2/c23-17-9-15(4-6-19(17)25)29-21(31)27-11-13-2-1-3-14(8-13)12-28-22(32)30-16-5-7-20(26)18(24)10-16/h4-7,9-10,13-14H,1-3,8,11-12H2,(H2,27,29,31)(H2,28,30,32)/t13-,14-/m0/s1. The van der Waals surface area contributed by atoms with Crippen LogP contribution in [0.25, 0.3) is 0 Å². The van der Waals surface area contributed by atoms with Gasteiger partial charge in [0.15, 0.2) is 0 Å². The number of urea groups is 2. The molecule has 3 rings (SSSR count). The smallest absolute Gasteiger partial charge is 0.319 e. The van der Waals surface area contributed by atoms with Gasteiger partial charge in [-0.05, 0) is 67.5 Å². The first-order valence-electron chi connectivity index (χ1n) is 10.3. The molecule has 10 heteroatoms. The van der Waals surface area contributed by atoms with Crippen LogP contribution in [0.15, 0.2) is 36.4 Å². The molecule has 0 bridgehead atoms. The third-order valence-electron chi connectivity index (χ3n) is 5.35. The summed E-state index contributed by atoms with van der Waals surface area (Å²) in [5, 5.41) is 10.8. The van der Waals surface area contributed by atoms with Crippen molar-refractivity contribution < 1.29 is 18.4 Å². The first-order chi connectivity index (χ1) is 15.3. The summed E-state index contributed by atoms with van der Waals surface area (Å²) in [5.74, 6) is -0.515. The van der Waals surface area contributed by atoms with Crippen LogP contribution in [0.3, 0.4) is 0 Å². The van der Waals surface area contributed by atoms with Crippen LogP contribution in [0.5, 0.6) is 0 Å². The quantitative estimate of drug-likeness (QED) is 0.404. The maximum Gasteiger partial charge on any atom is 0.319 e. The molecule has 0 unspecified atom stereocenters. The Bertz CT molecular complexity index is 901. The Kier molecular flexibility index (Phi) is 8.53. The molecule has 1 fully saturated rings. The lowest BCUT2D eigenvalue weighted by Crippen LogP contribution is -2.38. The molecule has 1 aliphatic rings. The molecule has 0 aliphatic heterocycles. The van der Waals surface area contributed by atoms with Gasteiger partial charge in [0.1, 0.15) is 11.6 Å². The SMILES string of the molecule is O=C(NC[C@H]1CCC[C@H](CNC(=O)Nc2ccc(F)c(Cl)c2)C1)Nc1ccc(F)c(Cl)c1. The van der Waals surface area contributed by atoms with E-state index in [0.29, 0.717) is 24.5 Å². The second-order valence-corrected chi connectivity index (χ2v) is 8.64. The minimum atomic E-state index is -0.547. The van der Waals surface area contributed by atoms with Crippen LogP contribution < -0.4 is 21.3 Å². The van der Waals surface area contributed by atoms with Gasteiger partial charge in [-0.3, -0.25) is 0 Å². The Morgan fingerprint density at radius 1 is 0.812 bits per heavy atom. The highest BCUT2D eigenvalue weighted by Gasteiger charge is 2.23. The van der Waals surface area contributed by atoms with Crippen molar-refractivity contribution in [1.82, 2.24) is 10.6 Å². The molecule has 172 valence electrons. The minimum absolute atomic E-state index is 0.0583. The van der Waals surface area contributed by atoms with Gasteiger partial charge in [0.2, 0.25) is 0 Å². The first kappa shape index (κ1) is 24.1. The lowest BCUT2D eigenvalue weighted by molar-refractivity contribution is 0.230. The summed E-state index contributed by atoms with van der Waals surface area (Å²) < 4.78 is 26.4. The summed E-state index contributed by atoms with van der Waals surface area (Å²) in [5.41, 5.74) is 0.821.